The molecule has 0 aliphatic heterocycles. The van der Waals surface area contributed by atoms with E-state index in [1.54, 1.807) is 5.32 Å². The van der Waals surface area contributed by atoms with Crippen LogP contribution < -0.4 is 5.32 Å². The Labute approximate surface area is 148 Å². The Morgan fingerprint density at radius 3 is 2.33 bits per heavy atom. The van der Waals surface area contributed by atoms with E-state index in [0.29, 0.717) is 22.1 Å². The molecule has 144 valence electrons. The molecule has 0 atom stereocenters. The maximum atomic E-state index is 12.8. The Morgan fingerprint density at radius 1 is 1.04 bits per heavy atom. The highest BCUT2D eigenvalue weighted by molar-refractivity contribution is 6.00. The van der Waals surface area contributed by atoms with Crippen LogP contribution in [0.25, 0.3) is 22.0 Å². The Morgan fingerprint density at radius 2 is 1.70 bits per heavy atom. The second-order valence-electron chi connectivity index (χ2n) is 5.96. The van der Waals surface area contributed by atoms with Gasteiger partial charge in [0.05, 0.1) is 5.56 Å². The van der Waals surface area contributed by atoms with Crippen molar-refractivity contribution in [2.24, 2.45) is 0 Å². The lowest BCUT2D eigenvalue weighted by molar-refractivity contribution is -0.137. The zero-order chi connectivity index (χ0) is 20.0. The largest absolute Gasteiger partial charge is 0.416 e. The highest BCUT2D eigenvalue weighted by atomic mass is 19.4. The Kier molecular flexibility index (Phi) is 4.44. The van der Waals surface area contributed by atoms with Crippen LogP contribution >= 0.6 is 0 Å². The number of aromatic amines is 2. The van der Waals surface area contributed by atoms with Gasteiger partial charge in [-0.1, -0.05) is 6.07 Å². The summed E-state index contributed by atoms with van der Waals surface area (Å²) in [6, 6.07) is 3.22. The maximum Gasteiger partial charge on any atom is 0.416 e. The summed E-state index contributed by atoms with van der Waals surface area (Å²) in [6.45, 7) is 0.0736. The van der Waals surface area contributed by atoms with Gasteiger partial charge in [0.2, 0.25) is 0 Å². The van der Waals surface area contributed by atoms with Gasteiger partial charge in [0, 0.05) is 34.4 Å². The molecule has 0 saturated heterocycles. The molecule has 3 N–H and O–H groups in total. The lowest BCUT2D eigenvalue weighted by Crippen LogP contribution is -2.34. The van der Waals surface area contributed by atoms with Gasteiger partial charge < -0.3 is 15.3 Å². The van der Waals surface area contributed by atoms with Crippen LogP contribution in [0, 0.1) is 6.92 Å². The summed E-state index contributed by atoms with van der Waals surface area (Å²) >= 11 is 0. The van der Waals surface area contributed by atoms with E-state index >= 15 is 0 Å². The highest BCUT2D eigenvalue weighted by Gasteiger charge is 2.31. The fraction of sp³-hybridized carbons (Fsp3) is 0.235. The molecule has 3 rings (SSSR count). The number of carbonyl (C=O) groups excluding carboxylic acids is 1. The molecular weight excluding hydrogens is 376 g/mol. The van der Waals surface area contributed by atoms with Crippen molar-refractivity contribution in [3.8, 4) is 11.1 Å². The second kappa shape index (κ2) is 6.36. The van der Waals surface area contributed by atoms with Crippen LogP contribution in [0.5, 0.6) is 0 Å². The summed E-state index contributed by atoms with van der Waals surface area (Å²) in [5.74, 6) is -0.921. The summed E-state index contributed by atoms with van der Waals surface area (Å²) < 4.78 is 75.2. The number of rotatable bonds is 3. The minimum atomic E-state index is -4.54. The fourth-order valence-electron chi connectivity index (χ4n) is 2.81. The number of nitrogens with one attached hydrogen (secondary N) is 3. The molecule has 1 aromatic carbocycles. The lowest BCUT2D eigenvalue weighted by atomic mass is 10.0. The van der Waals surface area contributed by atoms with Crippen LogP contribution in [0.15, 0.2) is 30.6 Å². The Bertz CT molecular complexity index is 996. The van der Waals surface area contributed by atoms with Crippen molar-refractivity contribution in [1.29, 1.82) is 0 Å². The van der Waals surface area contributed by atoms with Crippen molar-refractivity contribution in [1.82, 2.24) is 15.3 Å². The molecule has 0 saturated carbocycles. The second-order valence-corrected chi connectivity index (χ2v) is 5.96. The monoisotopic (exact) mass is 389 g/mol. The first-order valence-corrected chi connectivity index (χ1v) is 7.69. The number of carbonyl (C=O) groups is 1. The minimum absolute atomic E-state index is 0.0458. The number of benzene rings is 1. The van der Waals surface area contributed by atoms with Crippen LogP contribution in [-0.4, -0.2) is 28.6 Å². The summed E-state index contributed by atoms with van der Waals surface area (Å²) in [4.78, 5) is 17.3. The standard InChI is InChI=1S/C17H13F6N3O/c1-8-11(5-25-14(8)15(27)26-7-16(18,19)20)12-6-24-13-4-9(17(21,22)23)2-3-10(12)13/h2-6,24-25H,7H2,1H3,(H,26,27). The first-order chi connectivity index (χ1) is 12.5. The molecule has 0 aliphatic rings. The molecule has 27 heavy (non-hydrogen) atoms. The van der Waals surface area contributed by atoms with E-state index in [0.717, 1.165) is 12.1 Å². The van der Waals surface area contributed by atoms with Gasteiger partial charge >= 0.3 is 12.4 Å². The smallest absolute Gasteiger partial charge is 0.361 e. The molecule has 3 aromatic rings. The molecule has 0 spiro atoms. The average molecular weight is 389 g/mol. The van der Waals surface area contributed by atoms with Crippen molar-refractivity contribution in [3.63, 3.8) is 0 Å². The van der Waals surface area contributed by atoms with Gasteiger partial charge in [0.1, 0.15) is 12.2 Å². The number of amides is 1. The minimum Gasteiger partial charge on any atom is -0.361 e. The fourth-order valence-corrected chi connectivity index (χ4v) is 2.81. The predicted octanol–water partition coefficient (Wildman–Crippen LogP) is 4.78. The molecule has 10 heteroatoms. The van der Waals surface area contributed by atoms with Crippen LogP contribution in [0.2, 0.25) is 0 Å². The summed E-state index contributed by atoms with van der Waals surface area (Å²) in [7, 11) is 0. The average Bonchev–Trinajstić information content (AvgIpc) is 3.13. The summed E-state index contributed by atoms with van der Waals surface area (Å²) in [6.07, 6.45) is -6.10. The van der Waals surface area contributed by atoms with E-state index < -0.39 is 30.4 Å². The van der Waals surface area contributed by atoms with Gasteiger partial charge in [-0.25, -0.2) is 0 Å². The number of hydrogen-bond donors (Lipinski definition) is 3. The zero-order valence-electron chi connectivity index (χ0n) is 13.8. The van der Waals surface area contributed by atoms with E-state index in [1.165, 1.54) is 25.4 Å². The number of halogens is 6. The number of hydrogen-bond acceptors (Lipinski definition) is 1. The molecule has 0 radical (unpaired) electrons. The molecular formula is C17H13F6N3O. The molecule has 1 amide bonds. The van der Waals surface area contributed by atoms with Crippen molar-refractivity contribution in [2.75, 3.05) is 6.54 Å². The number of aromatic nitrogens is 2. The van der Waals surface area contributed by atoms with E-state index in [2.05, 4.69) is 9.97 Å². The van der Waals surface area contributed by atoms with Crippen LogP contribution in [-0.2, 0) is 6.18 Å². The quantitative estimate of drug-likeness (QED) is 0.555. The zero-order valence-corrected chi connectivity index (χ0v) is 13.8. The van der Waals surface area contributed by atoms with Gasteiger partial charge in [-0.15, -0.1) is 0 Å². The van der Waals surface area contributed by atoms with Gasteiger partial charge in [-0.3, -0.25) is 4.79 Å². The predicted molar refractivity (Wildman–Crippen MR) is 86.2 cm³/mol. The third-order valence-electron chi connectivity index (χ3n) is 4.12. The lowest BCUT2D eigenvalue weighted by Gasteiger charge is -2.08. The topological polar surface area (TPSA) is 60.7 Å². The molecule has 4 nitrogen and oxygen atoms in total. The third kappa shape index (κ3) is 3.79. The van der Waals surface area contributed by atoms with E-state index in [4.69, 9.17) is 0 Å². The van der Waals surface area contributed by atoms with Crippen LogP contribution in [0.4, 0.5) is 26.3 Å². The van der Waals surface area contributed by atoms with Crippen molar-refractivity contribution in [2.45, 2.75) is 19.3 Å². The van der Waals surface area contributed by atoms with Crippen molar-refractivity contribution < 1.29 is 31.1 Å². The highest BCUT2D eigenvalue weighted by Crippen LogP contribution is 2.36. The summed E-state index contributed by atoms with van der Waals surface area (Å²) in [5, 5.41) is 2.26. The van der Waals surface area contributed by atoms with Crippen molar-refractivity contribution >= 4 is 16.8 Å². The molecule has 2 aromatic heterocycles. The molecule has 0 fully saturated rings. The molecule has 2 heterocycles. The Hall–Kier alpha value is -2.91. The molecule has 0 bridgehead atoms. The van der Waals surface area contributed by atoms with E-state index in [9.17, 15) is 31.1 Å². The van der Waals surface area contributed by atoms with Gasteiger partial charge in [0.15, 0.2) is 0 Å². The third-order valence-corrected chi connectivity index (χ3v) is 4.12. The van der Waals surface area contributed by atoms with Gasteiger partial charge in [-0.2, -0.15) is 26.3 Å². The van der Waals surface area contributed by atoms with Crippen molar-refractivity contribution in [3.05, 3.63) is 47.4 Å². The normalized spacial score (nSPS) is 12.6. The first kappa shape index (κ1) is 18.9. The van der Waals surface area contributed by atoms with Crippen LogP contribution in [0.1, 0.15) is 21.6 Å². The SMILES string of the molecule is Cc1c(-c2c[nH]c3cc(C(F)(F)F)ccc23)c[nH]c1C(=O)NCC(F)(F)F. The van der Waals surface area contributed by atoms with Crippen LogP contribution in [0.3, 0.4) is 0 Å². The van der Waals surface area contributed by atoms with E-state index in [1.807, 2.05) is 0 Å². The van der Waals surface area contributed by atoms with Gasteiger partial charge in [-0.05, 0) is 24.6 Å². The number of H-pyrrole nitrogens is 2. The van der Waals surface area contributed by atoms with E-state index in [-0.39, 0.29) is 11.2 Å². The number of alkyl halides is 6. The molecule has 0 unspecified atom stereocenters. The Balaban J connectivity index is 1.94. The summed E-state index contributed by atoms with van der Waals surface area (Å²) in [5.41, 5.74) is 0.816. The molecule has 0 aliphatic carbocycles. The van der Waals surface area contributed by atoms with Gasteiger partial charge in [0.25, 0.3) is 5.91 Å². The maximum absolute atomic E-state index is 12.8. The number of fused-ring (bicyclic) bond motifs is 1. The first-order valence-electron chi connectivity index (χ1n) is 7.69.